The third kappa shape index (κ3) is 4.68. The number of hydrogen-bond acceptors (Lipinski definition) is 5. The lowest BCUT2D eigenvalue weighted by atomic mass is 10.2. The maximum atomic E-state index is 6.22. The number of rotatable bonds is 7. The number of benzene rings is 3. The second-order valence-corrected chi connectivity index (χ2v) is 8.03. The van der Waals surface area contributed by atoms with Crippen molar-refractivity contribution >= 4 is 50.7 Å². The minimum Gasteiger partial charge on any atom is -0.493 e. The third-order valence-electron chi connectivity index (χ3n) is 4.75. The third-order valence-corrected chi connectivity index (χ3v) is 5.70. The average molecular weight is 500 g/mol. The molecule has 0 radical (unpaired) electrons. The number of methoxy groups -OCH3 is 1. The second-order valence-electron chi connectivity index (χ2n) is 6.77. The first-order valence-corrected chi connectivity index (χ1v) is 10.7. The Labute approximate surface area is 193 Å². The Balaban J connectivity index is 1.50. The van der Waals surface area contributed by atoms with Crippen molar-refractivity contribution in [1.29, 1.82) is 0 Å². The van der Waals surface area contributed by atoms with Crippen LogP contribution in [-0.4, -0.2) is 22.9 Å². The van der Waals surface area contributed by atoms with Gasteiger partial charge in [-0.1, -0.05) is 41.9 Å². The second kappa shape index (κ2) is 9.41. The number of nitrogens with zero attached hydrogens (tertiary/aromatic N) is 3. The molecular weight excluding hydrogens is 480 g/mol. The molecule has 0 atom stereocenters. The molecule has 0 spiro atoms. The molecule has 1 heterocycles. The van der Waals surface area contributed by atoms with E-state index in [1.165, 1.54) is 0 Å². The minimum atomic E-state index is 0.330. The van der Waals surface area contributed by atoms with Crippen LogP contribution in [0.3, 0.4) is 0 Å². The number of halogens is 2. The van der Waals surface area contributed by atoms with Crippen LogP contribution >= 0.6 is 27.5 Å². The maximum Gasteiger partial charge on any atom is 0.224 e. The van der Waals surface area contributed by atoms with Crippen molar-refractivity contribution in [3.8, 4) is 11.5 Å². The standard InChI is InChI=1S/C23H20BrClN4O2/c1-29-20-10-6-5-9-19(20)27-23(29)28-26-13-15-11-17(24)22(21(12-15)30-2)31-14-16-7-3-4-8-18(16)25/h3-13H,14H2,1-2H3,(H,27,28)/b26-13-. The van der Waals surface area contributed by atoms with Crippen molar-refractivity contribution in [3.05, 3.63) is 81.3 Å². The van der Waals surface area contributed by atoms with E-state index in [2.05, 4.69) is 31.4 Å². The molecule has 0 fully saturated rings. The number of hydrogen-bond donors (Lipinski definition) is 1. The molecule has 6 nitrogen and oxygen atoms in total. The number of anilines is 1. The fraction of sp³-hybridized carbons (Fsp3) is 0.130. The molecule has 0 aliphatic heterocycles. The summed E-state index contributed by atoms with van der Waals surface area (Å²) >= 11 is 9.79. The van der Waals surface area contributed by atoms with Crippen LogP contribution in [0.1, 0.15) is 11.1 Å². The highest BCUT2D eigenvalue weighted by Crippen LogP contribution is 2.37. The van der Waals surface area contributed by atoms with E-state index in [0.29, 0.717) is 29.1 Å². The number of nitrogens with one attached hydrogen (secondary N) is 1. The van der Waals surface area contributed by atoms with Gasteiger partial charge in [0.15, 0.2) is 11.5 Å². The smallest absolute Gasteiger partial charge is 0.224 e. The Hall–Kier alpha value is -3.03. The van der Waals surface area contributed by atoms with Gasteiger partial charge in [-0.3, -0.25) is 0 Å². The number of ether oxygens (including phenoxy) is 2. The van der Waals surface area contributed by atoms with E-state index >= 15 is 0 Å². The van der Waals surface area contributed by atoms with E-state index in [9.17, 15) is 0 Å². The Morgan fingerprint density at radius 2 is 1.94 bits per heavy atom. The molecule has 3 aromatic carbocycles. The number of para-hydroxylation sites is 2. The van der Waals surface area contributed by atoms with Crippen molar-refractivity contribution < 1.29 is 9.47 Å². The van der Waals surface area contributed by atoms with Gasteiger partial charge in [-0.2, -0.15) is 5.10 Å². The zero-order chi connectivity index (χ0) is 21.8. The predicted octanol–water partition coefficient (Wildman–Crippen LogP) is 6.02. The Morgan fingerprint density at radius 3 is 2.71 bits per heavy atom. The fourth-order valence-electron chi connectivity index (χ4n) is 3.13. The van der Waals surface area contributed by atoms with Crippen LogP contribution < -0.4 is 14.9 Å². The summed E-state index contributed by atoms with van der Waals surface area (Å²) in [5.74, 6) is 1.84. The van der Waals surface area contributed by atoms with Gasteiger partial charge in [-0.25, -0.2) is 10.4 Å². The first-order valence-electron chi connectivity index (χ1n) is 9.51. The molecule has 1 N–H and O–H groups in total. The van der Waals surface area contributed by atoms with E-state index < -0.39 is 0 Å². The Bertz CT molecular complexity index is 1260. The van der Waals surface area contributed by atoms with Crippen molar-refractivity contribution in [1.82, 2.24) is 9.55 Å². The highest BCUT2D eigenvalue weighted by Gasteiger charge is 2.12. The van der Waals surface area contributed by atoms with Gasteiger partial charge < -0.3 is 14.0 Å². The number of hydrazone groups is 1. The number of aryl methyl sites for hydroxylation is 1. The van der Waals surface area contributed by atoms with Crippen LogP contribution in [0.15, 0.2) is 70.2 Å². The molecular formula is C23H20BrClN4O2. The molecule has 158 valence electrons. The predicted molar refractivity (Wildman–Crippen MR) is 128 cm³/mol. The van der Waals surface area contributed by atoms with Crippen molar-refractivity contribution in [2.24, 2.45) is 12.1 Å². The summed E-state index contributed by atoms with van der Waals surface area (Å²) in [5, 5.41) is 4.99. The zero-order valence-electron chi connectivity index (χ0n) is 17.0. The molecule has 31 heavy (non-hydrogen) atoms. The van der Waals surface area contributed by atoms with E-state index in [1.54, 1.807) is 13.3 Å². The van der Waals surface area contributed by atoms with E-state index in [-0.39, 0.29) is 0 Å². The maximum absolute atomic E-state index is 6.22. The lowest BCUT2D eigenvalue weighted by molar-refractivity contribution is 0.282. The molecule has 0 bridgehead atoms. The summed E-state index contributed by atoms with van der Waals surface area (Å²) in [6.07, 6.45) is 1.70. The topological polar surface area (TPSA) is 60.7 Å². The van der Waals surface area contributed by atoms with Gasteiger partial charge in [0.2, 0.25) is 5.95 Å². The molecule has 0 saturated carbocycles. The van der Waals surface area contributed by atoms with Crippen molar-refractivity contribution in [2.45, 2.75) is 6.61 Å². The van der Waals surface area contributed by atoms with Gasteiger partial charge in [0.05, 0.1) is 28.8 Å². The van der Waals surface area contributed by atoms with Gasteiger partial charge in [0, 0.05) is 17.6 Å². The lowest BCUT2D eigenvalue weighted by Gasteiger charge is -2.14. The van der Waals surface area contributed by atoms with Crippen LogP contribution in [0, 0.1) is 0 Å². The van der Waals surface area contributed by atoms with Gasteiger partial charge in [0.1, 0.15) is 6.61 Å². The Kier molecular flexibility index (Phi) is 6.44. The van der Waals surface area contributed by atoms with Crippen molar-refractivity contribution in [2.75, 3.05) is 12.5 Å². The normalized spacial score (nSPS) is 11.2. The van der Waals surface area contributed by atoms with Crippen molar-refractivity contribution in [3.63, 3.8) is 0 Å². The quantitative estimate of drug-likeness (QED) is 0.249. The van der Waals surface area contributed by atoms with Crippen LogP contribution in [-0.2, 0) is 13.7 Å². The fourth-order valence-corrected chi connectivity index (χ4v) is 3.89. The molecule has 1 aromatic heterocycles. The molecule has 0 unspecified atom stereocenters. The van der Waals surface area contributed by atoms with Crippen LogP contribution in [0.2, 0.25) is 5.02 Å². The molecule has 4 rings (SSSR count). The lowest BCUT2D eigenvalue weighted by Crippen LogP contribution is -2.01. The first kappa shape index (κ1) is 21.2. The summed E-state index contributed by atoms with van der Waals surface area (Å²) in [4.78, 5) is 4.54. The molecule has 0 amide bonds. The summed E-state index contributed by atoms with van der Waals surface area (Å²) in [6.45, 7) is 0.330. The SMILES string of the molecule is COc1cc(/C=N\Nc2nc3ccccc3n2C)cc(Br)c1OCc1ccccc1Cl. The summed E-state index contributed by atoms with van der Waals surface area (Å²) in [6, 6.07) is 19.3. The molecule has 4 aromatic rings. The van der Waals surface area contributed by atoms with E-state index in [4.69, 9.17) is 21.1 Å². The van der Waals surface area contributed by atoms with Gasteiger partial charge in [0.25, 0.3) is 0 Å². The first-order chi connectivity index (χ1) is 15.1. The average Bonchev–Trinajstić information content (AvgIpc) is 3.09. The van der Waals surface area contributed by atoms with Crippen LogP contribution in [0.25, 0.3) is 11.0 Å². The largest absolute Gasteiger partial charge is 0.493 e. The van der Waals surface area contributed by atoms with Crippen LogP contribution in [0.5, 0.6) is 11.5 Å². The van der Waals surface area contributed by atoms with Gasteiger partial charge >= 0.3 is 0 Å². The highest BCUT2D eigenvalue weighted by molar-refractivity contribution is 9.10. The number of aromatic nitrogens is 2. The summed E-state index contributed by atoms with van der Waals surface area (Å²) in [5.41, 5.74) is 6.67. The summed E-state index contributed by atoms with van der Waals surface area (Å²) < 4.78 is 14.2. The van der Waals surface area contributed by atoms with Gasteiger partial charge in [-0.15, -0.1) is 0 Å². The monoisotopic (exact) mass is 498 g/mol. The molecule has 8 heteroatoms. The zero-order valence-corrected chi connectivity index (χ0v) is 19.3. The summed E-state index contributed by atoms with van der Waals surface area (Å²) in [7, 11) is 3.54. The molecule has 0 saturated heterocycles. The van der Waals surface area contributed by atoms with Crippen LogP contribution in [0.4, 0.5) is 5.95 Å². The number of fused-ring (bicyclic) bond motifs is 1. The van der Waals surface area contributed by atoms with Gasteiger partial charge in [-0.05, 0) is 51.8 Å². The van der Waals surface area contributed by atoms with E-state index in [1.807, 2.05) is 72.3 Å². The highest BCUT2D eigenvalue weighted by atomic mass is 79.9. The Morgan fingerprint density at radius 1 is 1.16 bits per heavy atom. The molecule has 0 aliphatic rings. The number of imidazole rings is 1. The molecule has 0 aliphatic carbocycles. The van der Waals surface area contributed by atoms with E-state index in [0.717, 1.165) is 26.6 Å². The minimum absolute atomic E-state index is 0.330.